The second-order valence-corrected chi connectivity index (χ2v) is 8.35. The summed E-state index contributed by atoms with van der Waals surface area (Å²) in [6, 6.07) is 17.8. The first-order valence-corrected chi connectivity index (χ1v) is 10.9. The van der Waals surface area contributed by atoms with Crippen molar-refractivity contribution < 1.29 is 9.59 Å². The van der Waals surface area contributed by atoms with Crippen LogP contribution < -0.4 is 5.32 Å². The Morgan fingerprint density at radius 3 is 2.48 bits per heavy atom. The third-order valence-electron chi connectivity index (χ3n) is 6.57. The number of fused-ring (bicyclic) bond motifs is 1. The molecular weight excluding hydrogens is 360 g/mol. The van der Waals surface area contributed by atoms with E-state index in [1.807, 2.05) is 47.4 Å². The van der Waals surface area contributed by atoms with Crippen molar-refractivity contribution in [2.75, 3.05) is 6.54 Å². The van der Waals surface area contributed by atoms with Crippen LogP contribution in [0.2, 0.25) is 0 Å². The van der Waals surface area contributed by atoms with Gasteiger partial charge >= 0.3 is 0 Å². The molecule has 0 aromatic heterocycles. The van der Waals surface area contributed by atoms with Crippen molar-refractivity contribution in [3.63, 3.8) is 0 Å². The highest BCUT2D eigenvalue weighted by Gasteiger charge is 2.55. The Labute approximate surface area is 173 Å². The lowest BCUT2D eigenvalue weighted by Gasteiger charge is -2.50. The minimum atomic E-state index is -0.433. The minimum Gasteiger partial charge on any atom is -0.355 e. The predicted molar refractivity (Wildman–Crippen MR) is 115 cm³/mol. The van der Waals surface area contributed by atoms with E-state index in [1.165, 1.54) is 0 Å². The molecule has 29 heavy (non-hydrogen) atoms. The van der Waals surface area contributed by atoms with E-state index in [1.54, 1.807) is 0 Å². The lowest BCUT2D eigenvalue weighted by atomic mass is 9.71. The SMILES string of the molecule is CCCCNC(=O)[C@H]1c2ccccc2C(=O)N(Cc2ccccc2)C12CCCC2. The Hall–Kier alpha value is -2.62. The molecule has 0 unspecified atom stereocenters. The molecule has 1 atom stereocenters. The fourth-order valence-corrected chi connectivity index (χ4v) is 5.15. The van der Waals surface area contributed by atoms with Gasteiger partial charge in [-0.1, -0.05) is 74.7 Å². The van der Waals surface area contributed by atoms with E-state index < -0.39 is 5.54 Å². The number of benzene rings is 2. The molecule has 2 aromatic carbocycles. The van der Waals surface area contributed by atoms with E-state index >= 15 is 0 Å². The van der Waals surface area contributed by atoms with Crippen LogP contribution >= 0.6 is 0 Å². The van der Waals surface area contributed by atoms with Gasteiger partial charge in [-0.3, -0.25) is 9.59 Å². The molecule has 1 aliphatic heterocycles. The normalized spacial score (nSPS) is 20.0. The highest BCUT2D eigenvalue weighted by Crippen LogP contribution is 2.50. The van der Waals surface area contributed by atoms with E-state index in [9.17, 15) is 9.59 Å². The van der Waals surface area contributed by atoms with Crippen LogP contribution in [0.15, 0.2) is 54.6 Å². The Morgan fingerprint density at radius 2 is 1.76 bits per heavy atom. The Balaban J connectivity index is 1.78. The number of unbranched alkanes of at least 4 members (excludes halogenated alkanes) is 1. The molecule has 2 aliphatic rings. The fourth-order valence-electron chi connectivity index (χ4n) is 5.15. The van der Waals surface area contributed by atoms with Gasteiger partial charge in [0.2, 0.25) is 5.91 Å². The smallest absolute Gasteiger partial charge is 0.254 e. The molecule has 1 N–H and O–H groups in total. The van der Waals surface area contributed by atoms with Gasteiger partial charge in [0, 0.05) is 18.7 Å². The summed E-state index contributed by atoms with van der Waals surface area (Å²) < 4.78 is 0. The van der Waals surface area contributed by atoms with Gasteiger partial charge in [0.25, 0.3) is 5.91 Å². The van der Waals surface area contributed by atoms with E-state index in [0.29, 0.717) is 18.7 Å². The van der Waals surface area contributed by atoms with Gasteiger partial charge in [-0.15, -0.1) is 0 Å². The van der Waals surface area contributed by atoms with Crippen LogP contribution in [0.4, 0.5) is 0 Å². The molecule has 2 amide bonds. The molecule has 4 nitrogen and oxygen atoms in total. The van der Waals surface area contributed by atoms with Crippen molar-refractivity contribution in [3.8, 4) is 0 Å². The maximum Gasteiger partial charge on any atom is 0.254 e. The first kappa shape index (κ1) is 19.7. The summed E-state index contributed by atoms with van der Waals surface area (Å²) in [7, 11) is 0. The Morgan fingerprint density at radius 1 is 1.07 bits per heavy atom. The van der Waals surface area contributed by atoms with E-state index in [0.717, 1.165) is 49.7 Å². The van der Waals surface area contributed by atoms with Crippen molar-refractivity contribution in [2.24, 2.45) is 0 Å². The topological polar surface area (TPSA) is 49.4 Å². The molecule has 1 aliphatic carbocycles. The summed E-state index contributed by atoms with van der Waals surface area (Å²) in [5, 5.41) is 3.17. The number of nitrogens with one attached hydrogen (secondary N) is 1. The zero-order valence-corrected chi connectivity index (χ0v) is 17.2. The molecule has 1 saturated carbocycles. The zero-order valence-electron chi connectivity index (χ0n) is 17.2. The van der Waals surface area contributed by atoms with Crippen molar-refractivity contribution in [3.05, 3.63) is 71.3 Å². The molecule has 4 rings (SSSR count). The number of hydrogen-bond donors (Lipinski definition) is 1. The van der Waals surface area contributed by atoms with Crippen molar-refractivity contribution in [2.45, 2.75) is 63.5 Å². The van der Waals surface area contributed by atoms with Crippen LogP contribution in [0.5, 0.6) is 0 Å². The molecular formula is C25H30N2O2. The van der Waals surface area contributed by atoms with Gasteiger partial charge < -0.3 is 10.2 Å². The zero-order chi connectivity index (χ0) is 20.3. The second-order valence-electron chi connectivity index (χ2n) is 8.35. The van der Waals surface area contributed by atoms with Crippen LogP contribution in [0.1, 0.15) is 72.9 Å². The third kappa shape index (κ3) is 3.57. The van der Waals surface area contributed by atoms with Gasteiger partial charge in [-0.2, -0.15) is 0 Å². The highest BCUT2D eigenvalue weighted by molar-refractivity contribution is 6.02. The lowest BCUT2D eigenvalue weighted by Crippen LogP contribution is -2.60. The van der Waals surface area contributed by atoms with Crippen LogP contribution in [0, 0.1) is 0 Å². The molecule has 4 heteroatoms. The van der Waals surface area contributed by atoms with E-state index in [4.69, 9.17) is 0 Å². The molecule has 1 heterocycles. The second kappa shape index (κ2) is 8.40. The molecule has 0 radical (unpaired) electrons. The third-order valence-corrected chi connectivity index (χ3v) is 6.57. The number of nitrogens with zero attached hydrogens (tertiary/aromatic N) is 1. The number of rotatable bonds is 6. The number of hydrogen-bond acceptors (Lipinski definition) is 2. The predicted octanol–water partition coefficient (Wildman–Crippen LogP) is 4.66. The highest BCUT2D eigenvalue weighted by atomic mass is 16.2. The lowest BCUT2D eigenvalue weighted by molar-refractivity contribution is -0.126. The number of carbonyl (C=O) groups is 2. The van der Waals surface area contributed by atoms with Crippen LogP contribution in [-0.4, -0.2) is 28.8 Å². The van der Waals surface area contributed by atoms with Crippen LogP contribution in [0.3, 0.4) is 0 Å². The largest absolute Gasteiger partial charge is 0.355 e. The van der Waals surface area contributed by atoms with Gasteiger partial charge in [-0.25, -0.2) is 0 Å². The summed E-state index contributed by atoms with van der Waals surface area (Å²) in [4.78, 5) is 29.1. The Bertz CT molecular complexity index is 871. The average Bonchev–Trinajstić information content (AvgIpc) is 3.22. The molecule has 1 spiro atoms. The number of carbonyl (C=O) groups excluding carboxylic acids is 2. The summed E-state index contributed by atoms with van der Waals surface area (Å²) in [6.07, 6.45) is 5.89. The van der Waals surface area contributed by atoms with E-state index in [2.05, 4.69) is 24.4 Å². The summed E-state index contributed by atoms with van der Waals surface area (Å²) in [6.45, 7) is 3.37. The molecule has 1 fully saturated rings. The first-order valence-electron chi connectivity index (χ1n) is 10.9. The monoisotopic (exact) mass is 390 g/mol. The van der Waals surface area contributed by atoms with Crippen LogP contribution in [-0.2, 0) is 11.3 Å². The van der Waals surface area contributed by atoms with Gasteiger partial charge in [0.05, 0.1) is 11.5 Å². The number of amides is 2. The quantitative estimate of drug-likeness (QED) is 0.730. The average molecular weight is 391 g/mol. The fraction of sp³-hybridized carbons (Fsp3) is 0.440. The van der Waals surface area contributed by atoms with Gasteiger partial charge in [-0.05, 0) is 36.5 Å². The molecule has 0 saturated heterocycles. The van der Waals surface area contributed by atoms with E-state index in [-0.39, 0.29) is 17.7 Å². The van der Waals surface area contributed by atoms with Gasteiger partial charge in [0.1, 0.15) is 0 Å². The minimum absolute atomic E-state index is 0.0592. The summed E-state index contributed by atoms with van der Waals surface area (Å²) >= 11 is 0. The molecule has 0 bridgehead atoms. The maximum absolute atomic E-state index is 13.6. The van der Waals surface area contributed by atoms with Crippen molar-refractivity contribution in [1.82, 2.24) is 10.2 Å². The molecule has 2 aromatic rings. The standard InChI is InChI=1S/C25H30N2O2/c1-2-3-17-26-23(28)22-20-13-7-8-14-21(20)24(29)27(25(22)15-9-10-16-25)18-19-11-5-4-6-12-19/h4-8,11-14,22H,2-3,9-10,15-18H2,1H3,(H,26,28)/t22-/m1/s1. The first-order chi connectivity index (χ1) is 14.2. The summed E-state index contributed by atoms with van der Waals surface area (Å²) in [5.74, 6) is -0.179. The maximum atomic E-state index is 13.6. The molecule has 152 valence electrons. The van der Waals surface area contributed by atoms with Crippen molar-refractivity contribution in [1.29, 1.82) is 0 Å². The Kier molecular flexibility index (Phi) is 5.70. The summed E-state index contributed by atoms with van der Waals surface area (Å²) in [5.41, 5.74) is 2.25. The van der Waals surface area contributed by atoms with Gasteiger partial charge in [0.15, 0.2) is 0 Å². The van der Waals surface area contributed by atoms with Crippen LogP contribution in [0.25, 0.3) is 0 Å². The van der Waals surface area contributed by atoms with Crippen molar-refractivity contribution >= 4 is 11.8 Å².